The van der Waals surface area contributed by atoms with Gasteiger partial charge in [0.1, 0.15) is 17.1 Å². The Hall–Kier alpha value is -1.62. The predicted octanol–water partition coefficient (Wildman–Crippen LogP) is 2.38. The van der Waals surface area contributed by atoms with Crippen LogP contribution in [0.3, 0.4) is 0 Å². The van der Waals surface area contributed by atoms with Crippen LogP contribution < -0.4 is 5.32 Å². The summed E-state index contributed by atoms with van der Waals surface area (Å²) in [5.41, 5.74) is -0.214. The molecule has 4 nitrogen and oxygen atoms in total. The molecule has 2 atom stereocenters. The topological polar surface area (TPSA) is 52.6 Å². The fourth-order valence-corrected chi connectivity index (χ4v) is 3.04. The molecule has 1 aromatic carbocycles. The van der Waals surface area contributed by atoms with E-state index in [1.54, 1.807) is 4.90 Å². The number of carbonyl (C=O) groups is 1. The van der Waals surface area contributed by atoms with Crippen LogP contribution in [0.1, 0.15) is 37.0 Å². The van der Waals surface area contributed by atoms with Gasteiger partial charge in [-0.15, -0.1) is 0 Å². The van der Waals surface area contributed by atoms with Crippen molar-refractivity contribution in [3.8, 4) is 5.75 Å². The summed E-state index contributed by atoms with van der Waals surface area (Å²) in [4.78, 5) is 14.1. The molecule has 1 heterocycles. The van der Waals surface area contributed by atoms with Gasteiger partial charge in [0, 0.05) is 19.1 Å². The van der Waals surface area contributed by atoms with Crippen molar-refractivity contribution >= 4 is 5.91 Å². The van der Waals surface area contributed by atoms with Crippen LogP contribution in [0.2, 0.25) is 0 Å². The van der Waals surface area contributed by atoms with Gasteiger partial charge in [-0.25, -0.2) is 4.39 Å². The van der Waals surface area contributed by atoms with Crippen molar-refractivity contribution < 1.29 is 14.3 Å². The van der Waals surface area contributed by atoms with Crippen molar-refractivity contribution in [3.63, 3.8) is 0 Å². The fraction of sp³-hybridized carbons (Fsp3) is 0.562. The second-order valence-electron chi connectivity index (χ2n) is 5.51. The Morgan fingerprint density at radius 3 is 2.86 bits per heavy atom. The number of hydrogen-bond donors (Lipinski definition) is 2. The third-order valence-electron chi connectivity index (χ3n) is 4.22. The molecule has 1 aliphatic rings. The van der Waals surface area contributed by atoms with Crippen molar-refractivity contribution in [1.29, 1.82) is 0 Å². The number of piperidine rings is 1. The third kappa shape index (κ3) is 3.35. The number of benzene rings is 1. The molecule has 21 heavy (non-hydrogen) atoms. The number of halogens is 1. The van der Waals surface area contributed by atoms with Gasteiger partial charge in [-0.1, -0.05) is 26.3 Å². The van der Waals surface area contributed by atoms with E-state index < -0.39 is 11.7 Å². The van der Waals surface area contributed by atoms with Crippen LogP contribution in [0.5, 0.6) is 5.75 Å². The SMILES string of the molecule is CCNC1CCN(C(=O)c2c(O)cccc2F)CC1CC. The standard InChI is InChI=1S/C16H23FN2O2/c1-3-11-10-19(9-8-13(11)18-4-2)16(21)15-12(17)6-5-7-14(15)20/h5-7,11,13,18,20H,3-4,8-10H2,1-2H3. The molecular formula is C16H23FN2O2. The molecule has 2 N–H and O–H groups in total. The number of nitrogens with zero attached hydrogens (tertiary/aromatic N) is 1. The molecule has 1 amide bonds. The van der Waals surface area contributed by atoms with E-state index in [9.17, 15) is 14.3 Å². The van der Waals surface area contributed by atoms with Crippen LogP contribution >= 0.6 is 0 Å². The molecule has 1 aliphatic heterocycles. The van der Waals surface area contributed by atoms with Gasteiger partial charge in [-0.3, -0.25) is 4.79 Å². The molecule has 1 saturated heterocycles. The van der Waals surface area contributed by atoms with E-state index in [0.29, 0.717) is 25.0 Å². The maximum Gasteiger partial charge on any atom is 0.260 e. The zero-order valence-corrected chi connectivity index (χ0v) is 12.6. The first-order valence-electron chi connectivity index (χ1n) is 7.58. The summed E-state index contributed by atoms with van der Waals surface area (Å²) in [5, 5.41) is 13.2. The fourth-order valence-electron chi connectivity index (χ4n) is 3.04. The van der Waals surface area contributed by atoms with Crippen LogP contribution in [0.15, 0.2) is 18.2 Å². The smallest absolute Gasteiger partial charge is 0.260 e. The normalized spacial score (nSPS) is 22.3. The van der Waals surface area contributed by atoms with E-state index in [4.69, 9.17) is 0 Å². The second kappa shape index (κ2) is 6.89. The highest BCUT2D eigenvalue weighted by Gasteiger charge is 2.32. The van der Waals surface area contributed by atoms with Crippen LogP contribution in [0.4, 0.5) is 4.39 Å². The molecule has 5 heteroatoms. The Morgan fingerprint density at radius 1 is 1.48 bits per heavy atom. The summed E-state index contributed by atoms with van der Waals surface area (Å²) in [5.74, 6) is -1.01. The number of carbonyl (C=O) groups excluding carboxylic acids is 1. The summed E-state index contributed by atoms with van der Waals surface area (Å²) in [7, 11) is 0. The predicted molar refractivity (Wildman–Crippen MR) is 79.8 cm³/mol. The molecule has 2 rings (SSSR count). The van der Waals surface area contributed by atoms with Crippen molar-refractivity contribution in [3.05, 3.63) is 29.6 Å². The first kappa shape index (κ1) is 15.8. The van der Waals surface area contributed by atoms with Gasteiger partial charge in [0.15, 0.2) is 0 Å². The zero-order valence-electron chi connectivity index (χ0n) is 12.6. The molecule has 1 fully saturated rings. The molecule has 116 valence electrons. The lowest BCUT2D eigenvalue weighted by atomic mass is 9.89. The number of likely N-dealkylation sites (tertiary alicyclic amines) is 1. The van der Waals surface area contributed by atoms with E-state index in [-0.39, 0.29) is 11.3 Å². The Labute approximate surface area is 125 Å². The van der Waals surface area contributed by atoms with E-state index in [1.807, 2.05) is 0 Å². The summed E-state index contributed by atoms with van der Waals surface area (Å²) in [6.45, 7) is 6.26. The van der Waals surface area contributed by atoms with Crippen LogP contribution in [-0.4, -0.2) is 41.6 Å². The minimum Gasteiger partial charge on any atom is -0.507 e. The van der Waals surface area contributed by atoms with Crippen LogP contribution in [0.25, 0.3) is 0 Å². The summed E-state index contributed by atoms with van der Waals surface area (Å²) < 4.78 is 13.8. The molecule has 0 aliphatic carbocycles. The van der Waals surface area contributed by atoms with Crippen molar-refractivity contribution in [1.82, 2.24) is 10.2 Å². The van der Waals surface area contributed by atoms with Gasteiger partial charge in [-0.2, -0.15) is 0 Å². The number of rotatable bonds is 4. The molecular weight excluding hydrogens is 271 g/mol. The van der Waals surface area contributed by atoms with E-state index in [1.165, 1.54) is 18.2 Å². The number of hydrogen-bond acceptors (Lipinski definition) is 3. The first-order valence-corrected chi connectivity index (χ1v) is 7.58. The maximum absolute atomic E-state index is 13.8. The third-order valence-corrected chi connectivity index (χ3v) is 4.22. The van der Waals surface area contributed by atoms with Gasteiger partial charge < -0.3 is 15.3 Å². The van der Waals surface area contributed by atoms with Gasteiger partial charge in [0.2, 0.25) is 0 Å². The average Bonchev–Trinajstić information content (AvgIpc) is 2.47. The Kier molecular flexibility index (Phi) is 5.17. The Balaban J connectivity index is 2.14. The number of phenols is 1. The van der Waals surface area contributed by atoms with Gasteiger partial charge in [0.25, 0.3) is 5.91 Å². The molecule has 1 aromatic rings. The van der Waals surface area contributed by atoms with Crippen molar-refractivity contribution in [2.24, 2.45) is 5.92 Å². The van der Waals surface area contributed by atoms with Gasteiger partial charge in [-0.05, 0) is 31.0 Å². The molecule has 0 bridgehead atoms. The second-order valence-corrected chi connectivity index (χ2v) is 5.51. The largest absolute Gasteiger partial charge is 0.507 e. The number of aromatic hydroxyl groups is 1. The van der Waals surface area contributed by atoms with E-state index >= 15 is 0 Å². The van der Waals surface area contributed by atoms with Crippen LogP contribution in [-0.2, 0) is 0 Å². The lowest BCUT2D eigenvalue weighted by Gasteiger charge is -2.38. The van der Waals surface area contributed by atoms with Crippen molar-refractivity contribution in [2.75, 3.05) is 19.6 Å². The lowest BCUT2D eigenvalue weighted by Crippen LogP contribution is -2.51. The molecule has 0 aromatic heterocycles. The molecule has 0 spiro atoms. The molecule has 2 unspecified atom stereocenters. The highest BCUT2D eigenvalue weighted by Crippen LogP contribution is 2.26. The molecule has 0 saturated carbocycles. The number of nitrogens with one attached hydrogen (secondary N) is 1. The number of phenolic OH excluding ortho intramolecular Hbond substituents is 1. The quantitative estimate of drug-likeness (QED) is 0.896. The average molecular weight is 294 g/mol. The summed E-state index contributed by atoms with van der Waals surface area (Å²) in [6, 6.07) is 4.35. The zero-order chi connectivity index (χ0) is 15.4. The first-order chi connectivity index (χ1) is 10.1. The molecule has 0 radical (unpaired) electrons. The minimum absolute atomic E-state index is 0.214. The summed E-state index contributed by atoms with van der Waals surface area (Å²) >= 11 is 0. The van der Waals surface area contributed by atoms with Crippen molar-refractivity contribution in [2.45, 2.75) is 32.7 Å². The minimum atomic E-state index is -0.665. The Morgan fingerprint density at radius 2 is 2.24 bits per heavy atom. The summed E-state index contributed by atoms with van der Waals surface area (Å²) in [6.07, 6.45) is 1.82. The number of amides is 1. The maximum atomic E-state index is 13.8. The lowest BCUT2D eigenvalue weighted by molar-refractivity contribution is 0.0620. The highest BCUT2D eigenvalue weighted by molar-refractivity contribution is 5.97. The van der Waals surface area contributed by atoms with Gasteiger partial charge in [0.05, 0.1) is 0 Å². The van der Waals surface area contributed by atoms with Crippen LogP contribution in [0, 0.1) is 11.7 Å². The monoisotopic (exact) mass is 294 g/mol. The van der Waals surface area contributed by atoms with E-state index in [2.05, 4.69) is 19.2 Å². The highest BCUT2D eigenvalue weighted by atomic mass is 19.1. The van der Waals surface area contributed by atoms with Gasteiger partial charge >= 0.3 is 0 Å². The Bertz CT molecular complexity index is 487. The van der Waals surface area contributed by atoms with E-state index in [0.717, 1.165) is 19.4 Å².